The fourth-order valence-electron chi connectivity index (χ4n) is 6.81. The Morgan fingerprint density at radius 1 is 0.949 bits per heavy atom. The second-order valence-electron chi connectivity index (χ2n) is 14.5. The molecule has 13 nitrogen and oxygen atoms in total. The molecule has 3 N–H and O–H groups in total. The smallest absolute Gasteiger partial charge is 0.355 e. The number of carboxylic acid groups (broad SMARTS) is 1. The number of rotatable bonds is 14. The zero-order valence-electron chi connectivity index (χ0n) is 32.1. The third-order valence-electron chi connectivity index (χ3n) is 9.43. The second kappa shape index (κ2) is 17.4. The fourth-order valence-corrected chi connectivity index (χ4v) is 9.24. The zero-order chi connectivity index (χ0) is 41.7. The molecule has 5 aromatic rings. The van der Waals surface area contributed by atoms with Gasteiger partial charge in [-0.3, -0.25) is 19.5 Å². The average Bonchev–Trinajstić information content (AvgIpc) is 3.71. The first-order valence-corrected chi connectivity index (χ1v) is 20.9. The molecule has 0 radical (unpaired) electrons. The highest BCUT2D eigenvalue weighted by molar-refractivity contribution is 8.00. The van der Waals surface area contributed by atoms with Gasteiger partial charge in [-0.15, -0.1) is 34.7 Å². The molecule has 0 spiro atoms. The summed E-state index contributed by atoms with van der Waals surface area (Å²) in [5.74, 6) is -3.35. The number of nitrogens with zero attached hydrogens (tertiary/aromatic N) is 4. The van der Waals surface area contributed by atoms with E-state index >= 15 is 0 Å². The number of hydrogen-bond donors (Lipinski definition) is 3. The van der Waals surface area contributed by atoms with Crippen molar-refractivity contribution in [2.45, 2.75) is 49.4 Å². The number of pyridine rings is 1. The highest BCUT2D eigenvalue weighted by Crippen LogP contribution is 2.42. The van der Waals surface area contributed by atoms with E-state index < -0.39 is 52.4 Å². The summed E-state index contributed by atoms with van der Waals surface area (Å²) >= 11 is 8.51. The lowest BCUT2D eigenvalue weighted by atomic mass is 9.77. The summed E-state index contributed by atoms with van der Waals surface area (Å²) < 4.78 is 5.65. The molecule has 7 rings (SSSR count). The van der Waals surface area contributed by atoms with Crippen LogP contribution < -0.4 is 10.6 Å². The van der Waals surface area contributed by atoms with Gasteiger partial charge in [0.05, 0.1) is 0 Å². The molecule has 3 aromatic carbocycles. The number of anilines is 1. The molecule has 0 unspecified atom stereocenters. The molecule has 16 heteroatoms. The van der Waals surface area contributed by atoms with E-state index in [0.717, 1.165) is 21.6 Å². The van der Waals surface area contributed by atoms with Crippen LogP contribution in [0.5, 0.6) is 0 Å². The fraction of sp³-hybridized carbons (Fsp3) is 0.233. The van der Waals surface area contributed by atoms with Crippen LogP contribution in [-0.4, -0.2) is 78.1 Å². The zero-order valence-corrected chi connectivity index (χ0v) is 34.5. The first kappa shape index (κ1) is 41.1. The van der Waals surface area contributed by atoms with Gasteiger partial charge in [0.25, 0.3) is 11.8 Å². The normalized spacial score (nSPS) is 17.3. The van der Waals surface area contributed by atoms with Crippen molar-refractivity contribution in [3.05, 3.63) is 160 Å². The number of hydrogen-bond acceptors (Lipinski definition) is 12. The van der Waals surface area contributed by atoms with Gasteiger partial charge in [-0.1, -0.05) is 102 Å². The number of ether oxygens (including phenoxy) is 1. The Morgan fingerprint density at radius 2 is 1.56 bits per heavy atom. The van der Waals surface area contributed by atoms with Gasteiger partial charge in [0, 0.05) is 35.0 Å². The van der Waals surface area contributed by atoms with E-state index in [1.807, 2.05) is 91.0 Å². The summed E-state index contributed by atoms with van der Waals surface area (Å²) in [6, 6.07) is 31.8. The monoisotopic (exact) mass is 850 g/mol. The number of fused-ring (bicyclic) bond motifs is 1. The van der Waals surface area contributed by atoms with Crippen molar-refractivity contribution in [1.29, 1.82) is 0 Å². The van der Waals surface area contributed by atoms with Gasteiger partial charge < -0.3 is 25.3 Å². The number of oxime groups is 1. The second-order valence-corrected chi connectivity index (χ2v) is 16.7. The van der Waals surface area contributed by atoms with E-state index in [2.05, 4.69) is 20.8 Å². The Morgan fingerprint density at radius 3 is 2.08 bits per heavy atom. The van der Waals surface area contributed by atoms with Gasteiger partial charge in [-0.25, -0.2) is 14.6 Å². The summed E-state index contributed by atoms with van der Waals surface area (Å²) in [6.45, 7) is 5.13. The van der Waals surface area contributed by atoms with Gasteiger partial charge in [0.15, 0.2) is 10.8 Å². The molecule has 0 bridgehead atoms. The minimum Gasteiger partial charge on any atom is -0.477 e. The number of thiazole rings is 1. The first-order valence-electron chi connectivity index (χ1n) is 18.5. The Kier molecular flexibility index (Phi) is 12.2. The topological polar surface area (TPSA) is 172 Å². The maximum Gasteiger partial charge on any atom is 0.355 e. The van der Waals surface area contributed by atoms with Crippen molar-refractivity contribution in [2.75, 3.05) is 16.9 Å². The maximum atomic E-state index is 14.4. The standard InChI is InChI=1S/C43H39ClN6O7S2/c1-42(2,3)56-40(55)35(26-14-13-21-45-23-26)57-49-32(36(51)47-33-37(52)50-34(39(53)54)27(22-44)24-58-38(33)50)31-25-59-41(46-31)48-43(28-15-7-4-8-16-28,29-17-9-5-10-18-29)30-19-11-6-12-20-30/h4-21,23,25,33,35,38H,22,24H2,1-3H3,(H,46,48)(H,47,51)(H,53,54)/t33-,35-,38+/m1/s1. The molecule has 4 heterocycles. The van der Waals surface area contributed by atoms with E-state index in [1.54, 1.807) is 38.3 Å². The number of amides is 2. The number of nitrogens with one attached hydrogen (secondary N) is 2. The van der Waals surface area contributed by atoms with Gasteiger partial charge in [0.1, 0.15) is 33.9 Å². The van der Waals surface area contributed by atoms with Gasteiger partial charge in [0.2, 0.25) is 6.10 Å². The van der Waals surface area contributed by atoms with Crippen LogP contribution in [0.3, 0.4) is 0 Å². The first-order chi connectivity index (χ1) is 28.4. The molecule has 0 saturated carbocycles. The number of carbonyl (C=O) groups is 4. The molecule has 2 aliphatic heterocycles. The Labute approximate surface area is 353 Å². The van der Waals surface area contributed by atoms with Crippen LogP contribution in [0.15, 0.2) is 137 Å². The molecule has 2 aliphatic rings. The molecule has 1 saturated heterocycles. The maximum absolute atomic E-state index is 14.4. The van der Waals surface area contributed by atoms with Crippen LogP contribution in [0.1, 0.15) is 54.8 Å². The summed E-state index contributed by atoms with van der Waals surface area (Å²) in [5.41, 5.74) is 1.18. The lowest BCUT2D eigenvalue weighted by Gasteiger charge is -2.49. The summed E-state index contributed by atoms with van der Waals surface area (Å²) in [6.07, 6.45) is 1.52. The third kappa shape index (κ3) is 8.58. The van der Waals surface area contributed by atoms with Gasteiger partial charge in [-0.2, -0.15) is 0 Å². The highest BCUT2D eigenvalue weighted by atomic mass is 35.5. The van der Waals surface area contributed by atoms with Crippen molar-refractivity contribution < 1.29 is 33.9 Å². The van der Waals surface area contributed by atoms with Crippen molar-refractivity contribution >= 4 is 69.3 Å². The molecule has 0 aliphatic carbocycles. The van der Waals surface area contributed by atoms with Crippen molar-refractivity contribution in [3.63, 3.8) is 0 Å². The largest absolute Gasteiger partial charge is 0.477 e. The van der Waals surface area contributed by atoms with Crippen molar-refractivity contribution in [1.82, 2.24) is 20.2 Å². The highest BCUT2D eigenvalue weighted by Gasteiger charge is 2.54. The minimum absolute atomic E-state index is 0.0631. The lowest BCUT2D eigenvalue weighted by molar-refractivity contribution is -0.169. The van der Waals surface area contributed by atoms with Crippen molar-refractivity contribution in [2.24, 2.45) is 5.16 Å². The molecule has 302 valence electrons. The number of aromatic nitrogens is 2. The average molecular weight is 851 g/mol. The molecule has 2 amide bonds. The number of alkyl halides is 1. The number of halogens is 1. The van der Waals surface area contributed by atoms with E-state index in [1.165, 1.54) is 35.5 Å². The number of benzene rings is 3. The summed E-state index contributed by atoms with van der Waals surface area (Å²) in [7, 11) is 0. The molecule has 59 heavy (non-hydrogen) atoms. The predicted molar refractivity (Wildman–Crippen MR) is 226 cm³/mol. The number of carbonyl (C=O) groups excluding carboxylic acids is 3. The third-order valence-corrected chi connectivity index (χ3v) is 11.9. The van der Waals surface area contributed by atoms with Crippen LogP contribution in [0.25, 0.3) is 0 Å². The quantitative estimate of drug-likeness (QED) is 0.0270. The Bertz CT molecular complexity index is 2300. The SMILES string of the molecule is CC(C)(C)OC(=O)[C@H](ON=C(C(=O)N[C@@H]1C(=O)N2C(C(=O)O)=C(CCl)CS[C@@H]12)c1csc(NC(c2ccccc2)(c2ccccc2)c2ccccc2)n1)c1cccnc1. The molecule has 2 aromatic heterocycles. The van der Waals surface area contributed by atoms with E-state index in [9.17, 15) is 24.3 Å². The molecule has 1 fully saturated rings. The van der Waals surface area contributed by atoms with Crippen LogP contribution in [0.4, 0.5) is 5.13 Å². The Hall–Kier alpha value is -6.03. The van der Waals surface area contributed by atoms with Gasteiger partial charge in [-0.05, 0) is 49.1 Å². The van der Waals surface area contributed by atoms with Crippen LogP contribution in [0, 0.1) is 0 Å². The number of thioether (sulfide) groups is 1. The number of esters is 1. The van der Waals surface area contributed by atoms with E-state index in [-0.39, 0.29) is 28.7 Å². The lowest BCUT2D eigenvalue weighted by Crippen LogP contribution is -2.71. The molecule has 3 atom stereocenters. The van der Waals surface area contributed by atoms with Gasteiger partial charge >= 0.3 is 11.9 Å². The van der Waals surface area contributed by atoms with E-state index in [4.69, 9.17) is 26.2 Å². The number of carboxylic acids is 1. The van der Waals surface area contributed by atoms with Crippen LogP contribution in [-0.2, 0) is 34.3 Å². The molecular formula is C43H39ClN6O7S2. The minimum atomic E-state index is -1.43. The van der Waals surface area contributed by atoms with Crippen molar-refractivity contribution in [3.8, 4) is 0 Å². The Balaban J connectivity index is 1.28. The predicted octanol–water partition coefficient (Wildman–Crippen LogP) is 6.72. The molecular weight excluding hydrogens is 812 g/mol. The summed E-state index contributed by atoms with van der Waals surface area (Å²) in [5, 5.41) is 21.9. The number of aliphatic carboxylic acids is 1. The number of β-lactam (4-membered cyclic amide) rings is 1. The summed E-state index contributed by atoms with van der Waals surface area (Å²) in [4.78, 5) is 69.6. The van der Waals surface area contributed by atoms with Crippen LogP contribution >= 0.6 is 34.7 Å². The van der Waals surface area contributed by atoms with Crippen LogP contribution in [0.2, 0.25) is 0 Å². The van der Waals surface area contributed by atoms with E-state index in [0.29, 0.717) is 16.3 Å².